The quantitative estimate of drug-likeness (QED) is 0.396. The van der Waals surface area contributed by atoms with Crippen LogP contribution in [0.25, 0.3) is 0 Å². The van der Waals surface area contributed by atoms with Gasteiger partial charge in [-0.3, -0.25) is 4.79 Å². The first kappa shape index (κ1) is 16.2. The summed E-state index contributed by atoms with van der Waals surface area (Å²) in [5.74, 6) is 0.00554. The van der Waals surface area contributed by atoms with E-state index in [4.69, 9.17) is 16.3 Å². The monoisotopic (exact) mass is 328 g/mol. The van der Waals surface area contributed by atoms with E-state index in [-0.39, 0.29) is 28.5 Å². The molecule has 0 aliphatic heterocycles. The minimum atomic E-state index is -3.73. The lowest BCUT2D eigenvalue weighted by atomic mass is 10.7. The second-order valence-electron chi connectivity index (χ2n) is 3.25. The zero-order valence-electron chi connectivity index (χ0n) is 10.1. The number of hydrogen-bond donors (Lipinski definition) is 2. The molecule has 0 unspecified atom stereocenters. The lowest BCUT2D eigenvalue weighted by molar-refractivity contribution is -0.114. The van der Waals surface area contributed by atoms with Crippen molar-refractivity contribution in [2.75, 3.05) is 31.0 Å². The van der Waals surface area contributed by atoms with Crippen LogP contribution < -0.4 is 10.0 Å². The molecule has 11 heteroatoms. The summed E-state index contributed by atoms with van der Waals surface area (Å²) in [7, 11) is -3.73. The summed E-state index contributed by atoms with van der Waals surface area (Å²) < 4.78 is 30.6. The number of hydrogen-bond acceptors (Lipinski definition) is 7. The van der Waals surface area contributed by atoms with Gasteiger partial charge in [0, 0.05) is 19.3 Å². The smallest absolute Gasteiger partial charge is 0.269 e. The largest absolute Gasteiger partial charge is 0.379 e. The van der Waals surface area contributed by atoms with Gasteiger partial charge in [0.1, 0.15) is 0 Å². The maximum Gasteiger partial charge on any atom is 0.269 e. The molecule has 0 radical (unpaired) electrons. The average molecular weight is 329 g/mol. The molecule has 2 N–H and O–H groups in total. The summed E-state index contributed by atoms with van der Waals surface area (Å²) in [4.78, 5) is 10.8. The molecule has 1 aromatic rings. The molecule has 0 aliphatic rings. The Morgan fingerprint density at radius 1 is 1.42 bits per heavy atom. The summed E-state index contributed by atoms with van der Waals surface area (Å²) >= 11 is 6.17. The maximum atomic E-state index is 11.8. The van der Waals surface area contributed by atoms with E-state index in [1.807, 2.05) is 0 Å². The number of ether oxygens (including phenoxy) is 1. The Kier molecular flexibility index (Phi) is 6.58. The number of alkyl halides is 1. The molecule has 108 valence electrons. The number of anilines is 1. The molecule has 0 saturated carbocycles. The Morgan fingerprint density at radius 3 is 2.79 bits per heavy atom. The second-order valence-corrected chi connectivity index (χ2v) is 6.55. The molecule has 0 saturated heterocycles. The van der Waals surface area contributed by atoms with E-state index in [1.165, 1.54) is 6.92 Å². The number of nitrogens with zero attached hydrogens (tertiary/aromatic N) is 2. The number of carbonyl (C=O) groups excluding carboxylic acids is 1. The fourth-order valence-electron chi connectivity index (χ4n) is 0.986. The van der Waals surface area contributed by atoms with Crippen molar-refractivity contribution in [3.05, 3.63) is 0 Å². The number of sulfonamides is 1. The number of rotatable bonds is 8. The molecule has 1 rings (SSSR count). The molecule has 0 fully saturated rings. The third-order valence-corrected chi connectivity index (χ3v) is 4.50. The molecular weight excluding hydrogens is 316 g/mol. The van der Waals surface area contributed by atoms with Gasteiger partial charge in [0.2, 0.25) is 15.4 Å². The van der Waals surface area contributed by atoms with Gasteiger partial charge in [-0.25, -0.2) is 13.1 Å². The third-order valence-electron chi connectivity index (χ3n) is 1.68. The van der Waals surface area contributed by atoms with Crippen LogP contribution in [0.1, 0.15) is 6.92 Å². The fraction of sp³-hybridized carbons (Fsp3) is 0.625. The Balaban J connectivity index is 2.52. The van der Waals surface area contributed by atoms with Crippen molar-refractivity contribution in [3.63, 3.8) is 0 Å². The SMILES string of the molecule is CC(=O)Nc1nnc(S(=O)(=O)NCCOCCCl)s1. The van der Waals surface area contributed by atoms with E-state index in [1.54, 1.807) is 0 Å². The standard InChI is InChI=1S/C8H13ClN4O4S2/c1-6(14)11-7-12-13-8(18-7)19(15,16)10-3-5-17-4-2-9/h10H,2-5H2,1H3,(H,11,12,14). The first-order chi connectivity index (χ1) is 8.95. The molecule has 1 aromatic heterocycles. The maximum absolute atomic E-state index is 11.8. The van der Waals surface area contributed by atoms with Gasteiger partial charge in [-0.15, -0.1) is 21.8 Å². The Hall–Kier alpha value is -0.810. The van der Waals surface area contributed by atoms with E-state index in [2.05, 4.69) is 20.2 Å². The third kappa shape index (κ3) is 5.78. The molecule has 8 nitrogen and oxygen atoms in total. The van der Waals surface area contributed by atoms with Crippen molar-refractivity contribution < 1.29 is 17.9 Å². The highest BCUT2D eigenvalue weighted by Crippen LogP contribution is 2.19. The first-order valence-electron chi connectivity index (χ1n) is 5.20. The zero-order chi connectivity index (χ0) is 14.3. The average Bonchev–Trinajstić information content (AvgIpc) is 2.77. The van der Waals surface area contributed by atoms with E-state index in [9.17, 15) is 13.2 Å². The molecule has 0 bridgehead atoms. The predicted molar refractivity (Wildman–Crippen MR) is 70.9 cm³/mol. The number of halogens is 1. The summed E-state index contributed by atoms with van der Waals surface area (Å²) in [6, 6.07) is 0. The lowest BCUT2D eigenvalue weighted by Gasteiger charge is -2.03. The Bertz CT molecular complexity index is 519. The molecule has 1 amide bonds. The minimum absolute atomic E-state index is 0.105. The molecule has 0 atom stereocenters. The van der Waals surface area contributed by atoms with Crippen LogP contribution in [0.15, 0.2) is 4.34 Å². The number of aromatic nitrogens is 2. The van der Waals surface area contributed by atoms with E-state index in [0.717, 1.165) is 11.3 Å². The van der Waals surface area contributed by atoms with E-state index in [0.29, 0.717) is 12.5 Å². The van der Waals surface area contributed by atoms with Crippen molar-refractivity contribution in [1.29, 1.82) is 0 Å². The van der Waals surface area contributed by atoms with Gasteiger partial charge < -0.3 is 10.1 Å². The molecular formula is C8H13ClN4O4S2. The van der Waals surface area contributed by atoms with Crippen molar-refractivity contribution in [1.82, 2.24) is 14.9 Å². The highest BCUT2D eigenvalue weighted by molar-refractivity contribution is 7.91. The van der Waals surface area contributed by atoms with Gasteiger partial charge in [0.15, 0.2) is 0 Å². The van der Waals surface area contributed by atoms with E-state index >= 15 is 0 Å². The van der Waals surface area contributed by atoms with Crippen LogP contribution in [0.2, 0.25) is 0 Å². The Labute approximate surface area is 119 Å². The summed E-state index contributed by atoms with van der Waals surface area (Å²) in [5.41, 5.74) is 0. The van der Waals surface area contributed by atoms with Gasteiger partial charge in [-0.05, 0) is 0 Å². The van der Waals surface area contributed by atoms with Crippen molar-refractivity contribution in [2.24, 2.45) is 0 Å². The van der Waals surface area contributed by atoms with Crippen molar-refractivity contribution in [2.45, 2.75) is 11.3 Å². The summed E-state index contributed by atoms with van der Waals surface area (Å²) in [6.07, 6.45) is 0. The van der Waals surface area contributed by atoms with Crippen LogP contribution in [-0.2, 0) is 19.6 Å². The molecule has 19 heavy (non-hydrogen) atoms. The normalized spacial score (nSPS) is 11.5. The molecule has 0 aromatic carbocycles. The van der Waals surface area contributed by atoms with Gasteiger partial charge >= 0.3 is 0 Å². The number of nitrogens with one attached hydrogen (secondary N) is 2. The minimum Gasteiger partial charge on any atom is -0.379 e. The summed E-state index contributed by atoms with van der Waals surface area (Å²) in [6.45, 7) is 1.97. The fourth-order valence-corrected chi connectivity index (χ4v) is 3.09. The van der Waals surface area contributed by atoms with Crippen LogP contribution in [-0.4, -0.2) is 50.2 Å². The van der Waals surface area contributed by atoms with Gasteiger partial charge in [0.05, 0.1) is 13.2 Å². The number of carbonyl (C=O) groups is 1. The van der Waals surface area contributed by atoms with Gasteiger partial charge in [-0.1, -0.05) is 11.3 Å². The van der Waals surface area contributed by atoms with Crippen LogP contribution in [0.3, 0.4) is 0 Å². The van der Waals surface area contributed by atoms with Crippen molar-refractivity contribution >= 4 is 44.0 Å². The number of amides is 1. The van der Waals surface area contributed by atoms with Gasteiger partial charge in [0.25, 0.3) is 10.0 Å². The topological polar surface area (TPSA) is 110 Å². The van der Waals surface area contributed by atoms with Crippen LogP contribution in [0.4, 0.5) is 5.13 Å². The Morgan fingerprint density at radius 2 is 2.16 bits per heavy atom. The van der Waals surface area contributed by atoms with Crippen molar-refractivity contribution in [3.8, 4) is 0 Å². The predicted octanol–water partition coefficient (Wildman–Crippen LogP) is 0.0302. The van der Waals surface area contributed by atoms with Gasteiger partial charge in [-0.2, -0.15) is 0 Å². The lowest BCUT2D eigenvalue weighted by Crippen LogP contribution is -2.27. The summed E-state index contributed by atoms with van der Waals surface area (Å²) in [5, 5.41) is 9.53. The zero-order valence-corrected chi connectivity index (χ0v) is 12.4. The molecule has 1 heterocycles. The molecule has 0 spiro atoms. The highest BCUT2D eigenvalue weighted by Gasteiger charge is 2.19. The van der Waals surface area contributed by atoms with Crippen LogP contribution in [0, 0.1) is 0 Å². The first-order valence-corrected chi connectivity index (χ1v) is 8.03. The van der Waals surface area contributed by atoms with Crippen LogP contribution >= 0.6 is 22.9 Å². The molecule has 0 aliphatic carbocycles. The second kappa shape index (κ2) is 7.70. The van der Waals surface area contributed by atoms with E-state index < -0.39 is 10.0 Å². The highest BCUT2D eigenvalue weighted by atomic mass is 35.5. The van der Waals surface area contributed by atoms with Crippen LogP contribution in [0.5, 0.6) is 0 Å².